The molecule has 2 N–H and O–H groups in total. The van der Waals surface area contributed by atoms with Crippen LogP contribution in [-0.2, 0) is 10.0 Å². The van der Waals surface area contributed by atoms with E-state index in [4.69, 9.17) is 5.14 Å². The van der Waals surface area contributed by atoms with E-state index in [0.717, 1.165) is 22.3 Å². The molecule has 0 fully saturated rings. The van der Waals surface area contributed by atoms with Gasteiger partial charge >= 0.3 is 0 Å². The summed E-state index contributed by atoms with van der Waals surface area (Å²) in [6.45, 7) is 2.09. The summed E-state index contributed by atoms with van der Waals surface area (Å²) in [5.74, 6) is 0. The molecule has 0 amide bonds. The van der Waals surface area contributed by atoms with Crippen LogP contribution in [0.4, 0.5) is 5.69 Å². The minimum absolute atomic E-state index is 0.115. The quantitative estimate of drug-likeness (QED) is 0.758. The Morgan fingerprint density at radius 3 is 1.88 bits per heavy atom. The maximum Gasteiger partial charge on any atom is 0.238 e. The molecule has 0 aliphatic carbocycles. The van der Waals surface area contributed by atoms with Gasteiger partial charge in [-0.25, -0.2) is 13.6 Å². The topological polar surface area (TPSA) is 63.4 Å². The number of nitrogens with two attached hydrogens (primary N) is 1. The lowest BCUT2D eigenvalue weighted by Crippen LogP contribution is -2.11. The Bertz CT molecular complexity index is 1040. The molecule has 0 unspecified atom stereocenters. The van der Waals surface area contributed by atoms with E-state index in [0.29, 0.717) is 0 Å². The molecule has 0 saturated carbocycles. The zero-order chi connectivity index (χ0) is 18.9. The third kappa shape index (κ3) is 3.64. The molecule has 0 aromatic heterocycles. The first-order valence-corrected chi connectivity index (χ1v) is 9.82. The highest BCUT2D eigenvalue weighted by molar-refractivity contribution is 7.89. The number of anilines is 1. The highest BCUT2D eigenvalue weighted by Crippen LogP contribution is 2.34. The summed E-state index contributed by atoms with van der Waals surface area (Å²) >= 11 is 0. The summed E-state index contributed by atoms with van der Waals surface area (Å²) in [7, 11) is 0.374. The molecule has 0 atom stereocenters. The Balaban J connectivity index is 2.11. The third-order valence-corrected chi connectivity index (χ3v) is 5.35. The lowest BCUT2D eigenvalue weighted by atomic mass is 9.93. The van der Waals surface area contributed by atoms with Crippen LogP contribution >= 0.6 is 0 Å². The maximum absolute atomic E-state index is 11.5. The van der Waals surface area contributed by atoms with E-state index < -0.39 is 10.0 Å². The van der Waals surface area contributed by atoms with Crippen LogP contribution in [0.25, 0.3) is 22.3 Å². The van der Waals surface area contributed by atoms with Gasteiger partial charge < -0.3 is 4.90 Å². The zero-order valence-corrected chi connectivity index (χ0v) is 15.9. The molecule has 134 valence electrons. The first kappa shape index (κ1) is 18.2. The number of primary sulfonamides is 1. The van der Waals surface area contributed by atoms with Gasteiger partial charge in [0.1, 0.15) is 0 Å². The monoisotopic (exact) mass is 366 g/mol. The number of rotatable bonds is 4. The van der Waals surface area contributed by atoms with E-state index in [2.05, 4.69) is 36.1 Å². The minimum Gasteiger partial charge on any atom is -0.377 e. The second-order valence-electron chi connectivity index (χ2n) is 6.51. The normalized spacial score (nSPS) is 11.4. The Hall–Kier alpha value is -2.63. The van der Waals surface area contributed by atoms with Crippen LogP contribution in [0.3, 0.4) is 0 Å². The fourth-order valence-electron chi connectivity index (χ4n) is 3.07. The molecule has 0 bridgehead atoms. The molecular formula is C21H22N2O2S. The summed E-state index contributed by atoms with van der Waals surface area (Å²) in [4.78, 5) is 2.21. The van der Waals surface area contributed by atoms with Crippen LogP contribution in [0.1, 0.15) is 5.56 Å². The van der Waals surface area contributed by atoms with Crippen molar-refractivity contribution < 1.29 is 8.42 Å². The van der Waals surface area contributed by atoms with Crippen molar-refractivity contribution >= 4 is 15.7 Å². The largest absolute Gasteiger partial charge is 0.377 e. The Labute approximate surface area is 155 Å². The van der Waals surface area contributed by atoms with E-state index in [1.165, 1.54) is 11.3 Å². The standard InChI is InChI=1S/C21H22N2O2S/c1-15-8-9-17(14-21(15)23(2)3)20-7-5-4-6-19(20)16-10-12-18(13-11-16)26(22,24)25/h4-14H,1-3H3,(H2,22,24,25). The van der Waals surface area contributed by atoms with Crippen LogP contribution in [0.2, 0.25) is 0 Å². The van der Waals surface area contributed by atoms with Crippen molar-refractivity contribution in [1.29, 1.82) is 0 Å². The SMILES string of the molecule is Cc1ccc(-c2ccccc2-c2ccc(S(N)(=O)=O)cc2)cc1N(C)C. The lowest BCUT2D eigenvalue weighted by Gasteiger charge is -2.18. The van der Waals surface area contributed by atoms with Gasteiger partial charge in [0.25, 0.3) is 0 Å². The molecule has 0 spiro atoms. The Morgan fingerprint density at radius 2 is 1.35 bits per heavy atom. The zero-order valence-electron chi connectivity index (χ0n) is 15.1. The first-order valence-electron chi connectivity index (χ1n) is 8.28. The van der Waals surface area contributed by atoms with Crippen molar-refractivity contribution in [3.8, 4) is 22.3 Å². The average molecular weight is 366 g/mol. The average Bonchev–Trinajstić information content (AvgIpc) is 2.61. The molecule has 5 heteroatoms. The van der Waals surface area contributed by atoms with Crippen molar-refractivity contribution in [2.45, 2.75) is 11.8 Å². The summed E-state index contributed by atoms with van der Waals surface area (Å²) in [6, 6.07) is 21.2. The summed E-state index contributed by atoms with van der Waals surface area (Å²) in [5.41, 5.74) is 6.59. The molecule has 3 rings (SSSR count). The van der Waals surface area contributed by atoms with E-state index in [-0.39, 0.29) is 4.90 Å². The van der Waals surface area contributed by atoms with Gasteiger partial charge in [-0.15, -0.1) is 0 Å². The van der Waals surface area contributed by atoms with Gasteiger partial charge in [-0.05, 0) is 52.9 Å². The molecule has 26 heavy (non-hydrogen) atoms. The van der Waals surface area contributed by atoms with Crippen LogP contribution in [0.5, 0.6) is 0 Å². The molecule has 0 saturated heterocycles. The van der Waals surface area contributed by atoms with Crippen molar-refractivity contribution in [2.24, 2.45) is 5.14 Å². The number of hydrogen-bond acceptors (Lipinski definition) is 3. The van der Waals surface area contributed by atoms with Crippen LogP contribution in [0.15, 0.2) is 71.6 Å². The van der Waals surface area contributed by atoms with Gasteiger partial charge in [-0.2, -0.15) is 0 Å². The van der Waals surface area contributed by atoms with Gasteiger partial charge in [0.15, 0.2) is 0 Å². The van der Waals surface area contributed by atoms with E-state index >= 15 is 0 Å². The summed E-state index contributed by atoms with van der Waals surface area (Å²) < 4.78 is 23.0. The fourth-order valence-corrected chi connectivity index (χ4v) is 3.58. The Morgan fingerprint density at radius 1 is 0.808 bits per heavy atom. The first-order chi connectivity index (χ1) is 12.3. The minimum atomic E-state index is -3.69. The van der Waals surface area contributed by atoms with Gasteiger partial charge in [-0.3, -0.25) is 0 Å². The van der Waals surface area contributed by atoms with Crippen molar-refractivity contribution in [3.05, 3.63) is 72.3 Å². The predicted octanol–water partition coefficient (Wildman–Crippen LogP) is 4.04. The summed E-state index contributed by atoms with van der Waals surface area (Å²) in [5, 5.41) is 5.19. The Kier molecular flexibility index (Phi) is 4.85. The van der Waals surface area contributed by atoms with E-state index in [1.807, 2.05) is 32.3 Å². The molecular weight excluding hydrogens is 344 g/mol. The number of nitrogens with zero attached hydrogens (tertiary/aromatic N) is 1. The van der Waals surface area contributed by atoms with Crippen molar-refractivity contribution in [2.75, 3.05) is 19.0 Å². The fraction of sp³-hybridized carbons (Fsp3) is 0.143. The van der Waals surface area contributed by atoms with Crippen molar-refractivity contribution in [1.82, 2.24) is 0 Å². The number of hydrogen-bond donors (Lipinski definition) is 1. The summed E-state index contributed by atoms with van der Waals surface area (Å²) in [6.07, 6.45) is 0. The van der Waals surface area contributed by atoms with Crippen LogP contribution in [0, 0.1) is 6.92 Å². The molecule has 3 aromatic rings. The number of aryl methyl sites for hydroxylation is 1. The molecule has 0 aliphatic rings. The third-order valence-electron chi connectivity index (χ3n) is 4.42. The highest BCUT2D eigenvalue weighted by atomic mass is 32.2. The van der Waals surface area contributed by atoms with Gasteiger partial charge in [0.2, 0.25) is 10.0 Å². The number of sulfonamides is 1. The van der Waals surface area contributed by atoms with Crippen LogP contribution in [-0.4, -0.2) is 22.5 Å². The lowest BCUT2D eigenvalue weighted by molar-refractivity contribution is 0.598. The van der Waals surface area contributed by atoms with E-state index in [9.17, 15) is 8.42 Å². The van der Waals surface area contributed by atoms with Gasteiger partial charge in [0.05, 0.1) is 4.90 Å². The predicted molar refractivity (Wildman–Crippen MR) is 108 cm³/mol. The molecule has 0 aliphatic heterocycles. The molecule has 4 nitrogen and oxygen atoms in total. The van der Waals surface area contributed by atoms with Crippen LogP contribution < -0.4 is 10.0 Å². The molecule has 0 heterocycles. The molecule has 0 radical (unpaired) electrons. The molecule has 3 aromatic carbocycles. The van der Waals surface area contributed by atoms with E-state index in [1.54, 1.807) is 24.3 Å². The number of benzene rings is 3. The second-order valence-corrected chi connectivity index (χ2v) is 8.07. The van der Waals surface area contributed by atoms with Gasteiger partial charge in [-0.1, -0.05) is 48.5 Å². The second kappa shape index (κ2) is 6.94. The highest BCUT2D eigenvalue weighted by Gasteiger charge is 2.11. The smallest absolute Gasteiger partial charge is 0.238 e. The maximum atomic E-state index is 11.5. The van der Waals surface area contributed by atoms with Crippen molar-refractivity contribution in [3.63, 3.8) is 0 Å². The van der Waals surface area contributed by atoms with Gasteiger partial charge in [0, 0.05) is 19.8 Å².